The van der Waals surface area contributed by atoms with E-state index in [1.54, 1.807) is 24.4 Å². The number of imidazole rings is 1. The van der Waals surface area contributed by atoms with E-state index < -0.39 is 0 Å². The number of nitrogens with two attached hydrogens (primary N) is 1. The van der Waals surface area contributed by atoms with Crippen molar-refractivity contribution in [3.63, 3.8) is 0 Å². The van der Waals surface area contributed by atoms with Crippen LogP contribution in [-0.4, -0.2) is 15.7 Å². The lowest BCUT2D eigenvalue weighted by molar-refractivity contribution is 1.30. The van der Waals surface area contributed by atoms with E-state index in [4.69, 9.17) is 22.7 Å². The Morgan fingerprint density at radius 3 is 2.93 bits per heavy atom. The van der Waals surface area contributed by atoms with Crippen LogP contribution in [-0.2, 0) is 0 Å². The highest BCUT2D eigenvalue weighted by Crippen LogP contribution is 2.23. The number of aromatic nitrogens is 2. The van der Waals surface area contributed by atoms with Gasteiger partial charge in [-0.2, -0.15) is 0 Å². The van der Waals surface area contributed by atoms with Crippen LogP contribution < -0.4 is 5.73 Å². The molecule has 4 nitrogen and oxygen atoms in total. The van der Waals surface area contributed by atoms with Crippen molar-refractivity contribution in [2.24, 2.45) is 0 Å². The topological polar surface area (TPSA) is 78.5 Å². The van der Waals surface area contributed by atoms with Crippen molar-refractivity contribution in [1.82, 2.24) is 9.97 Å². The molecular formula is C10H9ClN4. The van der Waals surface area contributed by atoms with Crippen LogP contribution in [0.1, 0.15) is 11.3 Å². The highest BCUT2D eigenvalue weighted by atomic mass is 35.5. The number of rotatable bonds is 2. The van der Waals surface area contributed by atoms with Gasteiger partial charge in [-0.1, -0.05) is 23.7 Å². The molecule has 0 fully saturated rings. The van der Waals surface area contributed by atoms with E-state index in [2.05, 4.69) is 9.97 Å². The second-order valence-corrected chi connectivity index (χ2v) is 3.45. The summed E-state index contributed by atoms with van der Waals surface area (Å²) in [6.45, 7) is 0. The summed E-state index contributed by atoms with van der Waals surface area (Å²) in [4.78, 5) is 6.70. The molecule has 0 saturated heterocycles. The zero-order valence-corrected chi connectivity index (χ0v) is 8.55. The highest BCUT2D eigenvalue weighted by molar-refractivity contribution is 6.34. The quantitative estimate of drug-likeness (QED) is 0.535. The van der Waals surface area contributed by atoms with Crippen molar-refractivity contribution in [3.05, 3.63) is 47.0 Å². The predicted molar refractivity (Wildman–Crippen MR) is 60.4 cm³/mol. The smallest absolute Gasteiger partial charge is 0.0924 e. The molecule has 0 amide bonds. The first kappa shape index (κ1) is 9.73. The largest absolute Gasteiger partial charge is 0.397 e. The minimum atomic E-state index is 0.285. The Morgan fingerprint density at radius 2 is 2.27 bits per heavy atom. The average molecular weight is 221 g/mol. The number of aromatic amines is 1. The number of halogens is 1. The van der Waals surface area contributed by atoms with Crippen molar-refractivity contribution >= 4 is 23.0 Å². The van der Waals surface area contributed by atoms with E-state index >= 15 is 0 Å². The number of H-pyrrole nitrogens is 1. The molecule has 0 unspecified atom stereocenters. The van der Waals surface area contributed by atoms with Crippen LogP contribution in [0.25, 0.3) is 0 Å². The Morgan fingerprint density at radius 1 is 1.47 bits per heavy atom. The fraction of sp³-hybridized carbons (Fsp3) is 0. The van der Waals surface area contributed by atoms with Gasteiger partial charge in [0.05, 0.1) is 34.6 Å². The number of anilines is 1. The maximum absolute atomic E-state index is 7.92. The first-order valence-corrected chi connectivity index (χ1v) is 4.69. The molecule has 1 heterocycles. The highest BCUT2D eigenvalue weighted by Gasteiger charge is 2.10. The molecule has 2 aromatic rings. The zero-order chi connectivity index (χ0) is 10.8. The first-order valence-electron chi connectivity index (χ1n) is 4.32. The van der Waals surface area contributed by atoms with E-state index in [9.17, 15) is 0 Å². The number of hydrogen-bond acceptors (Lipinski definition) is 3. The number of nitrogen functional groups attached to an aromatic ring is 1. The van der Waals surface area contributed by atoms with Gasteiger partial charge in [-0.05, 0) is 6.07 Å². The van der Waals surface area contributed by atoms with E-state index in [-0.39, 0.29) is 5.71 Å². The first-order chi connectivity index (χ1) is 7.20. The molecule has 0 aliphatic carbocycles. The van der Waals surface area contributed by atoms with Gasteiger partial charge in [0.1, 0.15) is 0 Å². The standard InChI is InChI=1S/C10H9ClN4/c11-7-3-1-2-6(9(7)12)10(13)8-4-14-5-15-8/h1-5,13H,12H2,(H,14,15). The molecule has 0 atom stereocenters. The average Bonchev–Trinajstić information content (AvgIpc) is 2.74. The fourth-order valence-corrected chi connectivity index (χ4v) is 1.47. The molecule has 2 rings (SSSR count). The van der Waals surface area contributed by atoms with Crippen LogP contribution in [0.4, 0.5) is 5.69 Å². The van der Waals surface area contributed by atoms with Crippen molar-refractivity contribution in [2.45, 2.75) is 0 Å². The second-order valence-electron chi connectivity index (χ2n) is 3.04. The predicted octanol–water partition coefficient (Wildman–Crippen LogP) is 2.06. The summed E-state index contributed by atoms with van der Waals surface area (Å²) in [5.74, 6) is 0. The van der Waals surface area contributed by atoms with E-state index in [0.717, 1.165) is 0 Å². The van der Waals surface area contributed by atoms with Gasteiger partial charge in [0.2, 0.25) is 0 Å². The summed E-state index contributed by atoms with van der Waals surface area (Å²) in [6, 6.07) is 5.21. The van der Waals surface area contributed by atoms with Gasteiger partial charge in [0.25, 0.3) is 0 Å². The summed E-state index contributed by atoms with van der Waals surface area (Å²) >= 11 is 5.87. The van der Waals surface area contributed by atoms with E-state index in [1.807, 2.05) is 0 Å². The van der Waals surface area contributed by atoms with Crippen LogP contribution in [0.3, 0.4) is 0 Å². The lowest BCUT2D eigenvalue weighted by Gasteiger charge is -2.06. The molecular weight excluding hydrogens is 212 g/mol. The third-order valence-electron chi connectivity index (χ3n) is 2.09. The van der Waals surface area contributed by atoms with E-state index in [0.29, 0.717) is 22.0 Å². The van der Waals surface area contributed by atoms with Crippen molar-refractivity contribution < 1.29 is 0 Å². The zero-order valence-electron chi connectivity index (χ0n) is 7.79. The molecule has 1 aromatic heterocycles. The third kappa shape index (κ3) is 1.71. The van der Waals surface area contributed by atoms with Gasteiger partial charge in [-0.15, -0.1) is 0 Å². The number of benzene rings is 1. The Hall–Kier alpha value is -1.81. The lowest BCUT2D eigenvalue weighted by Crippen LogP contribution is -2.06. The van der Waals surface area contributed by atoms with Gasteiger partial charge < -0.3 is 10.7 Å². The van der Waals surface area contributed by atoms with Crippen LogP contribution in [0.5, 0.6) is 0 Å². The summed E-state index contributed by atoms with van der Waals surface area (Å²) < 4.78 is 0. The van der Waals surface area contributed by atoms with Gasteiger partial charge in [0.15, 0.2) is 0 Å². The number of nitrogens with one attached hydrogen (secondary N) is 2. The lowest BCUT2D eigenvalue weighted by atomic mass is 10.1. The Bertz CT molecular complexity index is 490. The van der Waals surface area contributed by atoms with Gasteiger partial charge in [0, 0.05) is 5.56 Å². The van der Waals surface area contributed by atoms with Crippen molar-refractivity contribution in [3.8, 4) is 0 Å². The third-order valence-corrected chi connectivity index (χ3v) is 2.42. The molecule has 0 radical (unpaired) electrons. The molecule has 76 valence electrons. The SMILES string of the molecule is N=C(c1cnc[nH]1)c1cccc(Cl)c1N. The molecule has 0 saturated carbocycles. The minimum absolute atomic E-state index is 0.285. The number of para-hydroxylation sites is 1. The van der Waals surface area contributed by atoms with Crippen molar-refractivity contribution in [1.29, 1.82) is 5.41 Å². The molecule has 0 aliphatic rings. The van der Waals surface area contributed by atoms with Gasteiger partial charge in [-0.25, -0.2) is 4.98 Å². The molecule has 0 bridgehead atoms. The number of nitrogens with zero attached hydrogens (tertiary/aromatic N) is 1. The Kier molecular flexibility index (Phi) is 2.43. The maximum Gasteiger partial charge on any atom is 0.0924 e. The minimum Gasteiger partial charge on any atom is -0.397 e. The fourth-order valence-electron chi connectivity index (χ4n) is 1.29. The van der Waals surface area contributed by atoms with Crippen LogP contribution in [0.15, 0.2) is 30.7 Å². The molecule has 0 aliphatic heterocycles. The maximum atomic E-state index is 7.92. The van der Waals surface area contributed by atoms with Gasteiger partial charge in [-0.3, -0.25) is 5.41 Å². The second kappa shape index (κ2) is 3.74. The monoisotopic (exact) mass is 220 g/mol. The molecule has 4 N–H and O–H groups in total. The Labute approximate surface area is 91.6 Å². The summed E-state index contributed by atoms with van der Waals surface area (Å²) in [6.07, 6.45) is 3.09. The van der Waals surface area contributed by atoms with Crippen molar-refractivity contribution in [2.75, 3.05) is 5.73 Å². The van der Waals surface area contributed by atoms with E-state index in [1.165, 1.54) is 6.33 Å². The Balaban J connectivity index is 2.47. The molecule has 5 heteroatoms. The molecule has 15 heavy (non-hydrogen) atoms. The van der Waals surface area contributed by atoms with Crippen LogP contribution >= 0.6 is 11.6 Å². The molecule has 1 aromatic carbocycles. The molecule has 0 spiro atoms. The normalized spacial score (nSPS) is 10.2. The number of hydrogen-bond donors (Lipinski definition) is 3. The van der Waals surface area contributed by atoms with Gasteiger partial charge >= 0.3 is 0 Å². The summed E-state index contributed by atoms with van der Waals surface area (Å²) in [5.41, 5.74) is 7.70. The summed E-state index contributed by atoms with van der Waals surface area (Å²) in [5, 5.41) is 8.37. The summed E-state index contributed by atoms with van der Waals surface area (Å²) in [7, 11) is 0. The van der Waals surface area contributed by atoms with Crippen LogP contribution in [0, 0.1) is 5.41 Å². The van der Waals surface area contributed by atoms with Crippen LogP contribution in [0.2, 0.25) is 5.02 Å².